The van der Waals surface area contributed by atoms with E-state index in [1.54, 1.807) is 24.3 Å². The van der Waals surface area contributed by atoms with Crippen LogP contribution in [0.2, 0.25) is 0 Å². The summed E-state index contributed by atoms with van der Waals surface area (Å²) in [5.74, 6) is -1.10. The molecule has 1 aromatic carbocycles. The van der Waals surface area contributed by atoms with Crippen LogP contribution in [0.5, 0.6) is 0 Å². The van der Waals surface area contributed by atoms with E-state index in [0.717, 1.165) is 8.47 Å². The molecule has 0 aromatic heterocycles. The van der Waals surface area contributed by atoms with Gasteiger partial charge in [-0.05, 0) is 46.9 Å². The minimum atomic E-state index is -0.579. The van der Waals surface area contributed by atoms with Crippen molar-refractivity contribution in [2.24, 2.45) is 0 Å². The van der Waals surface area contributed by atoms with E-state index in [-0.39, 0.29) is 0 Å². The molecule has 100 valence electrons. The van der Waals surface area contributed by atoms with Crippen molar-refractivity contribution in [1.82, 2.24) is 10.2 Å². The van der Waals surface area contributed by atoms with Gasteiger partial charge in [0.05, 0.1) is 5.56 Å². The third-order valence-corrected chi connectivity index (χ3v) is 3.28. The Labute approximate surface area is 123 Å². The lowest BCUT2D eigenvalue weighted by Crippen LogP contribution is -2.37. The maximum absolute atomic E-state index is 11.7. The van der Waals surface area contributed by atoms with Crippen molar-refractivity contribution in [1.29, 1.82) is 0 Å². The summed E-state index contributed by atoms with van der Waals surface area (Å²) in [7, 11) is 0. The van der Waals surface area contributed by atoms with Crippen molar-refractivity contribution in [3.8, 4) is 0 Å². The third-order valence-electron chi connectivity index (χ3n) is 2.56. The SMILES string of the molecule is O=C(OCC(=O)N1CCNC1=O)c1ccc(I)cc1. The Hall–Kier alpha value is -1.64. The average Bonchev–Trinajstić information content (AvgIpc) is 2.83. The van der Waals surface area contributed by atoms with E-state index < -0.39 is 24.5 Å². The van der Waals surface area contributed by atoms with Gasteiger partial charge in [0.2, 0.25) is 0 Å². The normalized spacial score (nSPS) is 14.2. The predicted molar refractivity (Wildman–Crippen MR) is 74.6 cm³/mol. The first kappa shape index (κ1) is 13.8. The predicted octanol–water partition coefficient (Wildman–Crippen LogP) is 1.000. The number of nitrogens with zero attached hydrogens (tertiary/aromatic N) is 1. The van der Waals surface area contributed by atoms with Gasteiger partial charge in [0.25, 0.3) is 5.91 Å². The number of carbonyl (C=O) groups is 3. The topological polar surface area (TPSA) is 75.7 Å². The van der Waals surface area contributed by atoms with Gasteiger partial charge in [0.15, 0.2) is 6.61 Å². The minimum absolute atomic E-state index is 0.304. The number of urea groups is 1. The van der Waals surface area contributed by atoms with Crippen LogP contribution in [0.1, 0.15) is 10.4 Å². The van der Waals surface area contributed by atoms with Crippen LogP contribution >= 0.6 is 22.6 Å². The Kier molecular flexibility index (Phi) is 4.35. The summed E-state index contributed by atoms with van der Waals surface area (Å²) in [4.78, 5) is 35.5. The Balaban J connectivity index is 1.88. The number of nitrogens with one attached hydrogen (secondary N) is 1. The Morgan fingerprint density at radius 3 is 2.58 bits per heavy atom. The highest BCUT2D eigenvalue weighted by Crippen LogP contribution is 2.08. The van der Waals surface area contributed by atoms with Gasteiger partial charge in [-0.1, -0.05) is 0 Å². The fraction of sp³-hybridized carbons (Fsp3) is 0.250. The van der Waals surface area contributed by atoms with Crippen molar-refractivity contribution in [2.75, 3.05) is 19.7 Å². The zero-order valence-electron chi connectivity index (χ0n) is 9.89. The highest BCUT2D eigenvalue weighted by atomic mass is 127. The number of esters is 1. The van der Waals surface area contributed by atoms with Crippen molar-refractivity contribution in [3.63, 3.8) is 0 Å². The molecule has 1 aromatic rings. The molecule has 2 rings (SSSR count). The van der Waals surface area contributed by atoms with Crippen LogP contribution in [0.15, 0.2) is 24.3 Å². The van der Waals surface area contributed by atoms with Crippen LogP contribution in [0, 0.1) is 3.57 Å². The summed E-state index contributed by atoms with van der Waals surface area (Å²) < 4.78 is 5.88. The fourth-order valence-corrected chi connectivity index (χ4v) is 1.94. The first-order valence-corrected chi connectivity index (χ1v) is 6.66. The highest BCUT2D eigenvalue weighted by Gasteiger charge is 2.26. The molecule has 3 amide bonds. The number of benzene rings is 1. The summed E-state index contributed by atoms with van der Waals surface area (Å²) in [5, 5.41) is 2.50. The average molecular weight is 374 g/mol. The van der Waals surface area contributed by atoms with Gasteiger partial charge in [-0.3, -0.25) is 9.69 Å². The smallest absolute Gasteiger partial charge is 0.338 e. The standard InChI is InChI=1S/C12H11IN2O4/c13-9-3-1-8(2-4-9)11(17)19-7-10(16)15-6-5-14-12(15)18/h1-4H,5-7H2,(H,14,18). The monoisotopic (exact) mass is 374 g/mol. The number of imide groups is 1. The summed E-state index contributed by atoms with van der Waals surface area (Å²) >= 11 is 2.12. The molecule has 0 aliphatic carbocycles. The van der Waals surface area contributed by atoms with E-state index in [1.165, 1.54) is 0 Å². The summed E-state index contributed by atoms with van der Waals surface area (Å²) in [6.07, 6.45) is 0. The number of amides is 3. The van der Waals surface area contributed by atoms with Gasteiger partial charge >= 0.3 is 12.0 Å². The second kappa shape index (κ2) is 6.00. The number of halogens is 1. The van der Waals surface area contributed by atoms with Crippen LogP contribution in [0.4, 0.5) is 4.79 Å². The van der Waals surface area contributed by atoms with Crippen LogP contribution in [-0.2, 0) is 9.53 Å². The third kappa shape index (κ3) is 3.43. The molecule has 7 heteroatoms. The highest BCUT2D eigenvalue weighted by molar-refractivity contribution is 14.1. The molecule has 6 nitrogen and oxygen atoms in total. The van der Waals surface area contributed by atoms with Gasteiger partial charge in [0.1, 0.15) is 0 Å². The van der Waals surface area contributed by atoms with Gasteiger partial charge in [-0.15, -0.1) is 0 Å². The molecule has 19 heavy (non-hydrogen) atoms. The largest absolute Gasteiger partial charge is 0.452 e. The number of carbonyl (C=O) groups excluding carboxylic acids is 3. The number of hydrogen-bond donors (Lipinski definition) is 1. The zero-order valence-corrected chi connectivity index (χ0v) is 12.0. The Morgan fingerprint density at radius 1 is 1.32 bits per heavy atom. The Morgan fingerprint density at radius 2 is 2.00 bits per heavy atom. The Bertz CT molecular complexity index is 515. The fourth-order valence-electron chi connectivity index (χ4n) is 1.58. The summed E-state index contributed by atoms with van der Waals surface area (Å²) in [6.45, 7) is 0.298. The van der Waals surface area contributed by atoms with Crippen molar-refractivity contribution < 1.29 is 19.1 Å². The van der Waals surface area contributed by atoms with Gasteiger partial charge in [0, 0.05) is 16.7 Å². The molecular weight excluding hydrogens is 363 g/mol. The number of rotatable bonds is 3. The molecule has 1 N–H and O–H groups in total. The van der Waals surface area contributed by atoms with Gasteiger partial charge in [-0.2, -0.15) is 0 Å². The van der Waals surface area contributed by atoms with Crippen LogP contribution in [-0.4, -0.2) is 42.5 Å². The van der Waals surface area contributed by atoms with Crippen molar-refractivity contribution in [3.05, 3.63) is 33.4 Å². The lowest BCUT2D eigenvalue weighted by molar-refractivity contribution is -0.130. The molecule has 1 heterocycles. The second-order valence-electron chi connectivity index (χ2n) is 3.86. The molecule has 1 aliphatic rings. The first-order valence-electron chi connectivity index (χ1n) is 5.59. The quantitative estimate of drug-likeness (QED) is 0.633. The van der Waals surface area contributed by atoms with E-state index in [2.05, 4.69) is 27.9 Å². The maximum atomic E-state index is 11.7. The van der Waals surface area contributed by atoms with Crippen molar-refractivity contribution in [2.45, 2.75) is 0 Å². The molecule has 1 aliphatic heterocycles. The molecule has 0 spiro atoms. The van der Waals surface area contributed by atoms with Crippen LogP contribution < -0.4 is 5.32 Å². The summed E-state index contributed by atoms with van der Waals surface area (Å²) in [5.41, 5.74) is 0.374. The number of hydrogen-bond acceptors (Lipinski definition) is 4. The first-order chi connectivity index (χ1) is 9.08. The second-order valence-corrected chi connectivity index (χ2v) is 5.11. The maximum Gasteiger partial charge on any atom is 0.338 e. The zero-order chi connectivity index (χ0) is 13.8. The van der Waals surface area contributed by atoms with E-state index >= 15 is 0 Å². The summed E-state index contributed by atoms with van der Waals surface area (Å²) in [6, 6.07) is 6.34. The molecule has 0 bridgehead atoms. The van der Waals surface area contributed by atoms with Gasteiger partial charge < -0.3 is 10.1 Å². The molecule has 0 saturated carbocycles. The van der Waals surface area contributed by atoms with E-state index in [0.29, 0.717) is 18.7 Å². The molecular formula is C12H11IN2O4. The molecule has 0 unspecified atom stereocenters. The molecule has 1 saturated heterocycles. The van der Waals surface area contributed by atoms with Crippen molar-refractivity contribution >= 4 is 40.5 Å². The van der Waals surface area contributed by atoms with Gasteiger partial charge in [-0.25, -0.2) is 9.59 Å². The van der Waals surface area contributed by atoms with E-state index in [9.17, 15) is 14.4 Å². The van der Waals surface area contributed by atoms with E-state index in [4.69, 9.17) is 4.74 Å². The molecule has 0 radical (unpaired) electrons. The van der Waals surface area contributed by atoms with Crippen LogP contribution in [0.25, 0.3) is 0 Å². The lowest BCUT2D eigenvalue weighted by atomic mass is 10.2. The van der Waals surface area contributed by atoms with Crippen LogP contribution in [0.3, 0.4) is 0 Å². The number of ether oxygens (including phenoxy) is 1. The molecule has 0 atom stereocenters. The lowest BCUT2D eigenvalue weighted by Gasteiger charge is -2.12. The minimum Gasteiger partial charge on any atom is -0.452 e. The molecule has 1 fully saturated rings. The van der Waals surface area contributed by atoms with E-state index in [1.807, 2.05) is 0 Å².